The van der Waals surface area contributed by atoms with Gasteiger partial charge in [-0.3, -0.25) is 4.90 Å². The van der Waals surface area contributed by atoms with E-state index in [2.05, 4.69) is 0 Å². The molecule has 2 N–H and O–H groups in total. The van der Waals surface area contributed by atoms with Crippen LogP contribution in [-0.2, 0) is 6.54 Å². The van der Waals surface area contributed by atoms with Crippen LogP contribution in [0.25, 0.3) is 0 Å². The topological polar surface area (TPSA) is 43.7 Å². The molecule has 96 valence electrons. The highest BCUT2D eigenvalue weighted by atomic mass is 35.5. The Labute approximate surface area is 112 Å². The molecule has 0 aliphatic rings. The van der Waals surface area contributed by atoms with Crippen molar-refractivity contribution in [3.8, 4) is 0 Å². The summed E-state index contributed by atoms with van der Waals surface area (Å²) in [6.45, 7) is 2.05. The van der Waals surface area contributed by atoms with Crippen LogP contribution in [0, 0.1) is 0 Å². The van der Waals surface area contributed by atoms with Gasteiger partial charge in [0.2, 0.25) is 0 Å². The lowest BCUT2D eigenvalue weighted by atomic mass is 10.2. The summed E-state index contributed by atoms with van der Waals surface area (Å²) >= 11 is 12.2. The smallest absolute Gasteiger partial charge is 0.0558 e. The molecular formula is C12H17Cl2NO2. The van der Waals surface area contributed by atoms with Crippen LogP contribution in [0.4, 0.5) is 0 Å². The van der Waals surface area contributed by atoms with E-state index >= 15 is 0 Å². The number of benzene rings is 1. The largest absolute Gasteiger partial charge is 0.396 e. The van der Waals surface area contributed by atoms with Gasteiger partial charge in [0.1, 0.15) is 0 Å². The van der Waals surface area contributed by atoms with E-state index in [4.69, 9.17) is 33.4 Å². The number of nitrogens with zero attached hydrogens (tertiary/aromatic N) is 1. The van der Waals surface area contributed by atoms with E-state index in [0.29, 0.717) is 36.1 Å². The highest BCUT2D eigenvalue weighted by Crippen LogP contribution is 2.25. The van der Waals surface area contributed by atoms with Gasteiger partial charge in [0.05, 0.1) is 6.61 Å². The Morgan fingerprint density at radius 2 is 1.65 bits per heavy atom. The summed E-state index contributed by atoms with van der Waals surface area (Å²) < 4.78 is 0. The van der Waals surface area contributed by atoms with E-state index in [0.717, 1.165) is 5.56 Å². The number of hydrogen-bond acceptors (Lipinski definition) is 3. The molecule has 0 aliphatic carbocycles. The van der Waals surface area contributed by atoms with Crippen LogP contribution >= 0.6 is 23.2 Å². The van der Waals surface area contributed by atoms with Crippen molar-refractivity contribution in [2.24, 2.45) is 0 Å². The molecule has 0 aromatic heterocycles. The van der Waals surface area contributed by atoms with Crippen LogP contribution < -0.4 is 0 Å². The average Bonchev–Trinajstić information content (AvgIpc) is 2.31. The molecule has 0 radical (unpaired) electrons. The van der Waals surface area contributed by atoms with Gasteiger partial charge in [-0.15, -0.1) is 0 Å². The molecule has 1 aromatic rings. The second-order valence-electron chi connectivity index (χ2n) is 3.78. The minimum atomic E-state index is 0.0769. The van der Waals surface area contributed by atoms with Crippen molar-refractivity contribution in [1.29, 1.82) is 0 Å². The Bertz CT molecular complexity index is 327. The first kappa shape index (κ1) is 14.7. The molecule has 5 heteroatoms. The van der Waals surface area contributed by atoms with Crippen molar-refractivity contribution in [2.45, 2.75) is 13.0 Å². The van der Waals surface area contributed by atoms with Gasteiger partial charge >= 0.3 is 0 Å². The fourth-order valence-electron chi connectivity index (χ4n) is 1.61. The fourth-order valence-corrected chi connectivity index (χ4v) is 2.13. The zero-order valence-electron chi connectivity index (χ0n) is 9.57. The van der Waals surface area contributed by atoms with E-state index in [1.165, 1.54) is 0 Å². The molecule has 0 spiro atoms. The standard InChI is InChI=1S/C12H17Cl2NO2/c13-11-3-1-4-12(14)10(11)9-15(6-8-17)5-2-7-16/h1,3-4,16-17H,2,5-9H2. The van der Waals surface area contributed by atoms with Crippen LogP contribution in [-0.4, -0.2) is 41.4 Å². The van der Waals surface area contributed by atoms with E-state index in [-0.39, 0.29) is 13.2 Å². The third-order valence-electron chi connectivity index (χ3n) is 2.49. The summed E-state index contributed by atoms with van der Waals surface area (Å²) in [6, 6.07) is 5.40. The first-order chi connectivity index (χ1) is 8.19. The molecule has 17 heavy (non-hydrogen) atoms. The quantitative estimate of drug-likeness (QED) is 0.803. The summed E-state index contributed by atoms with van der Waals surface area (Å²) in [7, 11) is 0. The van der Waals surface area contributed by atoms with Gasteiger partial charge in [-0.25, -0.2) is 0 Å². The minimum Gasteiger partial charge on any atom is -0.396 e. The molecule has 0 saturated heterocycles. The fraction of sp³-hybridized carbons (Fsp3) is 0.500. The molecule has 0 unspecified atom stereocenters. The molecule has 0 fully saturated rings. The van der Waals surface area contributed by atoms with Crippen molar-refractivity contribution in [1.82, 2.24) is 4.90 Å². The van der Waals surface area contributed by atoms with Gasteiger partial charge in [0.25, 0.3) is 0 Å². The van der Waals surface area contributed by atoms with Crippen LogP contribution in [0.2, 0.25) is 10.0 Å². The first-order valence-corrected chi connectivity index (χ1v) is 6.31. The SMILES string of the molecule is OCCCN(CCO)Cc1c(Cl)cccc1Cl. The van der Waals surface area contributed by atoms with Gasteiger partial charge in [-0.05, 0) is 18.6 Å². The third-order valence-corrected chi connectivity index (χ3v) is 3.20. The minimum absolute atomic E-state index is 0.0769. The number of aliphatic hydroxyl groups excluding tert-OH is 2. The molecule has 0 saturated carbocycles. The summed E-state index contributed by atoms with van der Waals surface area (Å²) in [6.07, 6.45) is 0.669. The molecular weight excluding hydrogens is 261 g/mol. The van der Waals surface area contributed by atoms with E-state index in [1.54, 1.807) is 18.2 Å². The predicted molar refractivity (Wildman–Crippen MR) is 70.5 cm³/mol. The Morgan fingerprint density at radius 1 is 1.00 bits per heavy atom. The number of halogens is 2. The molecule has 0 amide bonds. The van der Waals surface area contributed by atoms with Crippen molar-refractivity contribution < 1.29 is 10.2 Å². The lowest BCUT2D eigenvalue weighted by Crippen LogP contribution is -2.28. The summed E-state index contributed by atoms with van der Waals surface area (Å²) in [5.74, 6) is 0. The van der Waals surface area contributed by atoms with Crippen LogP contribution in [0.5, 0.6) is 0 Å². The Morgan fingerprint density at radius 3 is 2.18 bits per heavy atom. The number of rotatable bonds is 7. The molecule has 0 heterocycles. The molecule has 1 rings (SSSR count). The number of hydrogen-bond donors (Lipinski definition) is 2. The lowest BCUT2D eigenvalue weighted by molar-refractivity contribution is 0.174. The zero-order chi connectivity index (χ0) is 12.7. The first-order valence-electron chi connectivity index (χ1n) is 5.56. The summed E-state index contributed by atoms with van der Waals surface area (Å²) in [5.41, 5.74) is 0.863. The summed E-state index contributed by atoms with van der Waals surface area (Å²) in [5, 5.41) is 19.1. The Hall–Kier alpha value is -0.320. The maximum absolute atomic E-state index is 8.98. The molecule has 0 aliphatic heterocycles. The van der Waals surface area contributed by atoms with Gasteiger partial charge < -0.3 is 10.2 Å². The highest BCUT2D eigenvalue weighted by Gasteiger charge is 2.10. The number of aliphatic hydroxyl groups is 2. The van der Waals surface area contributed by atoms with E-state index in [9.17, 15) is 0 Å². The average molecular weight is 278 g/mol. The molecule has 0 atom stereocenters. The summed E-state index contributed by atoms with van der Waals surface area (Å²) in [4.78, 5) is 2.02. The predicted octanol–water partition coefficient (Wildman–Crippen LogP) is 2.17. The zero-order valence-corrected chi connectivity index (χ0v) is 11.1. The third kappa shape index (κ3) is 4.82. The maximum atomic E-state index is 8.98. The second-order valence-corrected chi connectivity index (χ2v) is 4.59. The monoisotopic (exact) mass is 277 g/mol. The highest BCUT2D eigenvalue weighted by molar-refractivity contribution is 6.35. The molecule has 3 nitrogen and oxygen atoms in total. The molecule has 0 bridgehead atoms. The Kier molecular flexibility index (Phi) is 6.85. The maximum Gasteiger partial charge on any atom is 0.0558 e. The van der Waals surface area contributed by atoms with Gasteiger partial charge in [-0.2, -0.15) is 0 Å². The van der Waals surface area contributed by atoms with Crippen LogP contribution in [0.3, 0.4) is 0 Å². The lowest BCUT2D eigenvalue weighted by Gasteiger charge is -2.22. The van der Waals surface area contributed by atoms with Crippen molar-refractivity contribution in [3.63, 3.8) is 0 Å². The van der Waals surface area contributed by atoms with Crippen LogP contribution in [0.1, 0.15) is 12.0 Å². The van der Waals surface area contributed by atoms with E-state index < -0.39 is 0 Å². The van der Waals surface area contributed by atoms with Crippen molar-refractivity contribution in [2.75, 3.05) is 26.3 Å². The van der Waals surface area contributed by atoms with Gasteiger partial charge in [0.15, 0.2) is 0 Å². The van der Waals surface area contributed by atoms with Gasteiger partial charge in [0, 0.05) is 41.8 Å². The van der Waals surface area contributed by atoms with Crippen molar-refractivity contribution >= 4 is 23.2 Å². The van der Waals surface area contributed by atoms with E-state index in [1.807, 2.05) is 4.90 Å². The second kappa shape index (κ2) is 7.90. The van der Waals surface area contributed by atoms with Crippen molar-refractivity contribution in [3.05, 3.63) is 33.8 Å². The molecule has 1 aromatic carbocycles. The van der Waals surface area contributed by atoms with Gasteiger partial charge in [-0.1, -0.05) is 29.3 Å². The van der Waals surface area contributed by atoms with Crippen LogP contribution in [0.15, 0.2) is 18.2 Å². The normalized spacial score (nSPS) is 11.1. The Balaban J connectivity index is 2.70.